The van der Waals surface area contributed by atoms with Crippen LogP contribution >= 0.6 is 0 Å². The zero-order chi connectivity index (χ0) is 24.7. The van der Waals surface area contributed by atoms with Gasteiger partial charge in [0.05, 0.1) is 12.4 Å². The van der Waals surface area contributed by atoms with Crippen LogP contribution in [-0.4, -0.2) is 57.2 Å². The highest BCUT2D eigenvalue weighted by atomic mass is 28.4. The van der Waals surface area contributed by atoms with Crippen LogP contribution in [0.15, 0.2) is 43.0 Å². The van der Waals surface area contributed by atoms with Gasteiger partial charge in [-0.25, -0.2) is 15.0 Å². The number of nitrogens with zero attached hydrogens (tertiary/aromatic N) is 4. The molecule has 1 aromatic carbocycles. The van der Waals surface area contributed by atoms with Crippen LogP contribution in [0.2, 0.25) is 18.1 Å². The molecule has 10 heteroatoms. The number of carbonyl (C=O) groups excluding carboxylic acids is 1. The van der Waals surface area contributed by atoms with E-state index in [1.165, 1.54) is 6.33 Å². The number of carbonyl (C=O) groups is 1. The third-order valence-electron chi connectivity index (χ3n) is 6.85. The number of imidazole rings is 1. The SMILES string of the molecule is CC[C@H]1O[C@@H](n2cnc3c(NC(=O)c4ccccc4)ncnc32)[C@H](O[Si](C)(C)C(C)(C)C)[C@@H]1O. The lowest BCUT2D eigenvalue weighted by Gasteiger charge is -2.40. The van der Waals surface area contributed by atoms with Gasteiger partial charge in [-0.1, -0.05) is 45.9 Å². The first kappa shape index (κ1) is 24.5. The molecule has 4 atom stereocenters. The highest BCUT2D eigenvalue weighted by molar-refractivity contribution is 6.74. The van der Waals surface area contributed by atoms with Crippen molar-refractivity contribution in [2.24, 2.45) is 0 Å². The second-order valence-corrected chi connectivity index (χ2v) is 14.9. The van der Waals surface area contributed by atoms with Gasteiger partial charge in [0.1, 0.15) is 18.5 Å². The Morgan fingerprint density at radius 3 is 2.56 bits per heavy atom. The fourth-order valence-electron chi connectivity index (χ4n) is 3.82. The van der Waals surface area contributed by atoms with Gasteiger partial charge in [0.15, 0.2) is 31.5 Å². The van der Waals surface area contributed by atoms with Gasteiger partial charge in [0, 0.05) is 5.56 Å². The van der Waals surface area contributed by atoms with Crippen molar-refractivity contribution in [1.82, 2.24) is 19.5 Å². The molecule has 1 aliphatic heterocycles. The molecular formula is C24H33N5O4Si. The standard InChI is InChI=1S/C24H33N5O4Si/c1-7-16-18(30)19(33-34(5,6)24(2,3)4)23(32-16)29-14-27-17-20(25-13-26-21(17)29)28-22(31)15-11-9-8-10-12-15/h8-14,16,18-19,23,30H,7H2,1-6H3,(H,25,26,28,31)/t16-,18-,19-,23-/m1/s1. The van der Waals surface area contributed by atoms with Crippen LogP contribution in [0.5, 0.6) is 0 Å². The van der Waals surface area contributed by atoms with Gasteiger partial charge in [-0.2, -0.15) is 0 Å². The number of hydrogen-bond donors (Lipinski definition) is 2. The summed E-state index contributed by atoms with van der Waals surface area (Å²) in [4.78, 5) is 25.8. The zero-order valence-electron chi connectivity index (χ0n) is 20.5. The number of aliphatic hydroxyl groups excluding tert-OH is 1. The lowest BCUT2D eigenvalue weighted by Crippen LogP contribution is -2.48. The molecule has 3 aromatic rings. The topological polar surface area (TPSA) is 111 Å². The van der Waals surface area contributed by atoms with E-state index in [2.05, 4.69) is 54.1 Å². The van der Waals surface area contributed by atoms with Crippen LogP contribution in [0.25, 0.3) is 11.2 Å². The van der Waals surface area contributed by atoms with Gasteiger partial charge >= 0.3 is 0 Å². The van der Waals surface area contributed by atoms with Crippen molar-refractivity contribution in [1.29, 1.82) is 0 Å². The van der Waals surface area contributed by atoms with Crippen LogP contribution in [-0.2, 0) is 9.16 Å². The van der Waals surface area contributed by atoms with Crippen molar-refractivity contribution in [3.8, 4) is 0 Å². The molecule has 0 radical (unpaired) electrons. The number of anilines is 1. The van der Waals surface area contributed by atoms with Crippen molar-refractivity contribution in [2.45, 2.75) is 76.8 Å². The molecule has 1 aliphatic rings. The van der Waals surface area contributed by atoms with E-state index in [4.69, 9.17) is 9.16 Å². The van der Waals surface area contributed by atoms with E-state index in [1.54, 1.807) is 35.2 Å². The van der Waals surface area contributed by atoms with Crippen LogP contribution < -0.4 is 5.32 Å². The summed E-state index contributed by atoms with van der Waals surface area (Å²) in [6.07, 6.45) is 1.32. The average molecular weight is 484 g/mol. The fraction of sp³-hybridized carbons (Fsp3) is 0.500. The van der Waals surface area contributed by atoms with E-state index >= 15 is 0 Å². The van der Waals surface area contributed by atoms with Crippen molar-refractivity contribution < 1.29 is 19.1 Å². The second kappa shape index (κ2) is 9.18. The lowest BCUT2D eigenvalue weighted by atomic mass is 10.1. The number of amides is 1. The summed E-state index contributed by atoms with van der Waals surface area (Å²) in [6.45, 7) is 12.8. The summed E-state index contributed by atoms with van der Waals surface area (Å²) in [6, 6.07) is 8.91. The molecule has 2 N–H and O–H groups in total. The Hall–Kier alpha value is -2.66. The molecular weight excluding hydrogens is 450 g/mol. The third-order valence-corrected chi connectivity index (χ3v) is 11.3. The van der Waals surface area contributed by atoms with Crippen molar-refractivity contribution >= 4 is 31.2 Å². The monoisotopic (exact) mass is 483 g/mol. The number of aliphatic hydroxyl groups is 1. The average Bonchev–Trinajstić information content (AvgIpc) is 3.35. The number of ether oxygens (including phenoxy) is 1. The minimum Gasteiger partial charge on any atom is -0.407 e. The summed E-state index contributed by atoms with van der Waals surface area (Å²) in [7, 11) is -2.21. The third kappa shape index (κ3) is 4.50. The minimum absolute atomic E-state index is 0.0321. The van der Waals surface area contributed by atoms with E-state index in [-0.39, 0.29) is 17.0 Å². The number of nitrogens with one attached hydrogen (secondary N) is 1. The largest absolute Gasteiger partial charge is 0.407 e. The molecule has 2 aromatic heterocycles. The Morgan fingerprint density at radius 1 is 1.21 bits per heavy atom. The molecule has 1 fully saturated rings. The van der Waals surface area contributed by atoms with Crippen LogP contribution in [0.3, 0.4) is 0 Å². The maximum Gasteiger partial charge on any atom is 0.256 e. The Labute approximate surface area is 200 Å². The van der Waals surface area contributed by atoms with Gasteiger partial charge in [-0.05, 0) is 36.7 Å². The Bertz CT molecular complexity index is 1160. The van der Waals surface area contributed by atoms with Crippen LogP contribution in [0.4, 0.5) is 5.82 Å². The molecule has 3 heterocycles. The normalized spacial score (nSPS) is 23.4. The van der Waals surface area contributed by atoms with Gasteiger partial charge < -0.3 is 19.6 Å². The van der Waals surface area contributed by atoms with Crippen molar-refractivity contribution in [3.05, 3.63) is 48.5 Å². The second-order valence-electron chi connectivity index (χ2n) is 10.2. The minimum atomic E-state index is -2.21. The number of aromatic nitrogens is 4. The maximum atomic E-state index is 12.7. The summed E-state index contributed by atoms with van der Waals surface area (Å²) in [5.41, 5.74) is 1.46. The summed E-state index contributed by atoms with van der Waals surface area (Å²) >= 11 is 0. The van der Waals surface area contributed by atoms with E-state index in [1.807, 2.05) is 13.0 Å². The first-order valence-corrected chi connectivity index (χ1v) is 14.5. The summed E-state index contributed by atoms with van der Waals surface area (Å²) < 4.78 is 14.7. The number of benzene rings is 1. The first-order chi connectivity index (χ1) is 16.0. The maximum absolute atomic E-state index is 12.7. The van der Waals surface area contributed by atoms with Gasteiger partial charge in [0.25, 0.3) is 5.91 Å². The Kier molecular flexibility index (Phi) is 6.60. The fourth-order valence-corrected chi connectivity index (χ4v) is 5.11. The van der Waals surface area contributed by atoms with Crippen molar-refractivity contribution in [3.63, 3.8) is 0 Å². The molecule has 0 saturated carbocycles. The molecule has 1 saturated heterocycles. The smallest absolute Gasteiger partial charge is 0.256 e. The highest BCUT2D eigenvalue weighted by Gasteiger charge is 2.50. The van der Waals surface area contributed by atoms with Crippen LogP contribution in [0.1, 0.15) is 50.7 Å². The molecule has 1 amide bonds. The molecule has 9 nitrogen and oxygen atoms in total. The summed E-state index contributed by atoms with van der Waals surface area (Å²) in [5, 5.41) is 13.9. The molecule has 0 unspecified atom stereocenters. The van der Waals surface area contributed by atoms with E-state index in [0.29, 0.717) is 29.0 Å². The first-order valence-electron chi connectivity index (χ1n) is 11.6. The number of rotatable bonds is 6. The van der Waals surface area contributed by atoms with E-state index < -0.39 is 26.8 Å². The lowest BCUT2D eigenvalue weighted by molar-refractivity contribution is -0.0325. The Balaban J connectivity index is 1.68. The number of fused-ring (bicyclic) bond motifs is 1. The van der Waals surface area contributed by atoms with Crippen molar-refractivity contribution in [2.75, 3.05) is 5.32 Å². The predicted molar refractivity (Wildman–Crippen MR) is 132 cm³/mol. The van der Waals surface area contributed by atoms with Crippen LogP contribution in [0, 0.1) is 0 Å². The summed E-state index contributed by atoms with van der Waals surface area (Å²) in [5.74, 6) is 0.0259. The predicted octanol–water partition coefficient (Wildman–Crippen LogP) is 4.14. The quantitative estimate of drug-likeness (QED) is 0.507. The van der Waals surface area contributed by atoms with E-state index in [0.717, 1.165) is 0 Å². The zero-order valence-corrected chi connectivity index (χ0v) is 21.5. The molecule has 0 bridgehead atoms. The Morgan fingerprint density at radius 2 is 1.91 bits per heavy atom. The molecule has 0 aliphatic carbocycles. The molecule has 4 rings (SSSR count). The van der Waals surface area contributed by atoms with Gasteiger partial charge in [-0.15, -0.1) is 0 Å². The molecule has 182 valence electrons. The molecule has 0 spiro atoms. The highest BCUT2D eigenvalue weighted by Crippen LogP contribution is 2.42. The number of hydrogen-bond acceptors (Lipinski definition) is 7. The van der Waals surface area contributed by atoms with Gasteiger partial charge in [-0.3, -0.25) is 9.36 Å². The molecule has 34 heavy (non-hydrogen) atoms. The van der Waals surface area contributed by atoms with E-state index in [9.17, 15) is 9.90 Å². The van der Waals surface area contributed by atoms with Gasteiger partial charge in [0.2, 0.25) is 0 Å².